The number of pyridine rings is 1. The van der Waals surface area contributed by atoms with Crippen LogP contribution in [0.4, 0.5) is 13.2 Å². The molecule has 1 saturated carbocycles. The van der Waals surface area contributed by atoms with Gasteiger partial charge in [0.05, 0.1) is 16.7 Å². The molecule has 0 atom stereocenters. The van der Waals surface area contributed by atoms with Crippen molar-refractivity contribution in [2.45, 2.75) is 44.0 Å². The predicted octanol–water partition coefficient (Wildman–Crippen LogP) is 4.98. The Morgan fingerprint density at radius 2 is 1.69 bits per heavy atom. The van der Waals surface area contributed by atoms with Gasteiger partial charge in [0.15, 0.2) is 0 Å². The van der Waals surface area contributed by atoms with Gasteiger partial charge in [0.25, 0.3) is 5.78 Å². The second-order valence-corrected chi connectivity index (χ2v) is 10.7. The molecule has 2 aromatic carbocycles. The van der Waals surface area contributed by atoms with Gasteiger partial charge in [-0.05, 0) is 42.7 Å². The summed E-state index contributed by atoms with van der Waals surface area (Å²) in [6.07, 6.45) is -2.86. The summed E-state index contributed by atoms with van der Waals surface area (Å²) in [5, 5.41) is 1.03. The van der Waals surface area contributed by atoms with Crippen molar-refractivity contribution < 1.29 is 31.1 Å². The first-order chi connectivity index (χ1) is 16.5. The molecule has 35 heavy (non-hydrogen) atoms. The maximum Gasteiger partial charge on any atom is 0.451 e. The quantitative estimate of drug-likeness (QED) is 0.431. The maximum absolute atomic E-state index is 12.7. The van der Waals surface area contributed by atoms with Crippen molar-refractivity contribution in [1.29, 1.82) is 0 Å². The van der Waals surface area contributed by atoms with Gasteiger partial charge in [0, 0.05) is 12.4 Å². The van der Waals surface area contributed by atoms with Crippen molar-refractivity contribution in [1.82, 2.24) is 9.29 Å². The number of alkyl halides is 3. The van der Waals surface area contributed by atoms with Gasteiger partial charge in [0.2, 0.25) is 10.0 Å². The highest BCUT2D eigenvalue weighted by Gasteiger charge is 2.48. The number of carbonyl (C=O) groups excluding carboxylic acids is 1. The molecule has 3 aromatic rings. The van der Waals surface area contributed by atoms with Crippen LogP contribution in [0.1, 0.15) is 36.9 Å². The number of sulfonamides is 1. The summed E-state index contributed by atoms with van der Waals surface area (Å²) >= 11 is 0. The van der Waals surface area contributed by atoms with Gasteiger partial charge in [-0.1, -0.05) is 49.2 Å². The van der Waals surface area contributed by atoms with Crippen LogP contribution < -0.4 is 4.74 Å². The van der Waals surface area contributed by atoms with Gasteiger partial charge in [-0.2, -0.15) is 17.5 Å². The second kappa shape index (κ2) is 9.58. The monoisotopic (exact) mass is 506 g/mol. The molecule has 1 heterocycles. The van der Waals surface area contributed by atoms with E-state index in [-0.39, 0.29) is 6.61 Å². The number of hydrogen-bond acceptors (Lipinski definition) is 5. The van der Waals surface area contributed by atoms with Gasteiger partial charge in [-0.25, -0.2) is 13.4 Å². The van der Waals surface area contributed by atoms with E-state index in [1.54, 1.807) is 24.3 Å². The Bertz CT molecular complexity index is 1320. The van der Waals surface area contributed by atoms with Crippen LogP contribution >= 0.6 is 0 Å². The Morgan fingerprint density at radius 1 is 1.03 bits per heavy atom. The summed E-state index contributed by atoms with van der Waals surface area (Å²) in [6.45, 7) is 0.239. The number of ether oxygens (including phenoxy) is 1. The van der Waals surface area contributed by atoms with E-state index in [1.165, 1.54) is 7.05 Å². The summed E-state index contributed by atoms with van der Waals surface area (Å²) in [7, 11) is -3.23. The zero-order chi connectivity index (χ0) is 25.3. The van der Waals surface area contributed by atoms with Crippen LogP contribution in [0.15, 0.2) is 60.7 Å². The molecular weight excluding hydrogens is 481 g/mol. The molecule has 4 rings (SSSR count). The third-order valence-corrected chi connectivity index (χ3v) is 8.33. The zero-order valence-electron chi connectivity index (χ0n) is 19.1. The SMILES string of the molecule is CN(C1(c2ccc(OCc3ccc4ccccc4n3)cc2)CCCC1)S(=O)(=O)CC(=O)C(F)(F)F. The molecule has 1 aliphatic rings. The van der Waals surface area contributed by atoms with E-state index in [0.717, 1.165) is 33.7 Å². The molecule has 0 N–H and O–H groups in total. The average molecular weight is 507 g/mol. The number of nitrogens with zero attached hydrogens (tertiary/aromatic N) is 2. The summed E-state index contributed by atoms with van der Waals surface area (Å²) in [4.78, 5) is 16.0. The molecule has 0 unspecified atom stereocenters. The van der Waals surface area contributed by atoms with Crippen LogP contribution in [0.25, 0.3) is 10.9 Å². The number of halogens is 3. The lowest BCUT2D eigenvalue weighted by Crippen LogP contribution is -2.48. The number of rotatable bonds is 8. The first-order valence-corrected chi connectivity index (χ1v) is 12.8. The van der Waals surface area contributed by atoms with Crippen LogP contribution in [0, 0.1) is 0 Å². The standard InChI is InChI=1S/C25H25F3N2O4S/c1-30(35(32,33)17-23(31)25(26,27)28)24(14-4-5-15-24)19-9-12-21(13-10-19)34-16-20-11-8-18-6-2-3-7-22(18)29-20/h2-3,6-13H,4-5,14-17H2,1H3. The summed E-state index contributed by atoms with van der Waals surface area (Å²) in [6, 6.07) is 18.5. The molecule has 186 valence electrons. The number of Topliss-reactive ketones (excluding diaryl/α,β-unsaturated/α-hetero) is 1. The van der Waals surface area contributed by atoms with Crippen molar-refractivity contribution in [3.05, 3.63) is 71.9 Å². The Kier molecular flexibility index (Phi) is 6.88. The molecule has 0 saturated heterocycles. The Balaban J connectivity index is 1.50. The third kappa shape index (κ3) is 5.33. The van der Waals surface area contributed by atoms with E-state index in [1.807, 2.05) is 36.4 Å². The van der Waals surface area contributed by atoms with Crippen molar-refractivity contribution in [3.8, 4) is 5.75 Å². The first kappa shape index (κ1) is 25.1. The second-order valence-electron chi connectivity index (χ2n) is 8.69. The summed E-state index contributed by atoms with van der Waals surface area (Å²) in [5.74, 6) is -3.33. The predicted molar refractivity (Wildman–Crippen MR) is 125 cm³/mol. The minimum atomic E-state index is -5.20. The van der Waals surface area contributed by atoms with E-state index in [2.05, 4.69) is 4.98 Å². The van der Waals surface area contributed by atoms with Crippen molar-refractivity contribution in [3.63, 3.8) is 0 Å². The highest BCUT2D eigenvalue weighted by molar-refractivity contribution is 7.89. The number of fused-ring (bicyclic) bond motifs is 1. The first-order valence-electron chi connectivity index (χ1n) is 11.2. The highest BCUT2D eigenvalue weighted by atomic mass is 32.2. The Labute approximate surface area is 201 Å². The van der Waals surface area contributed by atoms with E-state index in [0.29, 0.717) is 24.2 Å². The van der Waals surface area contributed by atoms with Crippen molar-refractivity contribution in [2.24, 2.45) is 0 Å². The molecule has 1 fully saturated rings. The van der Waals surface area contributed by atoms with Crippen LogP contribution in [-0.4, -0.2) is 42.5 Å². The number of benzene rings is 2. The lowest BCUT2D eigenvalue weighted by atomic mass is 9.88. The molecule has 6 nitrogen and oxygen atoms in total. The topological polar surface area (TPSA) is 76.6 Å². The third-order valence-electron chi connectivity index (χ3n) is 6.51. The highest BCUT2D eigenvalue weighted by Crippen LogP contribution is 2.45. The lowest BCUT2D eigenvalue weighted by molar-refractivity contribution is -0.168. The molecule has 0 spiro atoms. The molecule has 0 radical (unpaired) electrons. The fourth-order valence-corrected chi connectivity index (χ4v) is 6.07. The number of para-hydroxylation sites is 1. The summed E-state index contributed by atoms with van der Waals surface area (Å²) in [5.41, 5.74) is 1.25. The maximum atomic E-state index is 12.7. The van der Waals surface area contributed by atoms with Gasteiger partial charge >= 0.3 is 6.18 Å². The largest absolute Gasteiger partial charge is 0.487 e. The number of carbonyl (C=O) groups is 1. The van der Waals surface area contributed by atoms with Crippen molar-refractivity contribution >= 4 is 26.7 Å². The minimum absolute atomic E-state index is 0.239. The van der Waals surface area contributed by atoms with Crippen LogP contribution in [0.2, 0.25) is 0 Å². The minimum Gasteiger partial charge on any atom is -0.487 e. The van der Waals surface area contributed by atoms with Gasteiger partial charge in [-0.15, -0.1) is 0 Å². The van der Waals surface area contributed by atoms with Crippen LogP contribution in [0.3, 0.4) is 0 Å². The fraction of sp³-hybridized carbons (Fsp3) is 0.360. The molecule has 0 bridgehead atoms. The van der Waals surface area contributed by atoms with Gasteiger partial charge < -0.3 is 4.74 Å². The average Bonchev–Trinajstić information content (AvgIpc) is 3.32. The van der Waals surface area contributed by atoms with Gasteiger partial charge in [-0.3, -0.25) is 4.79 Å². The van der Waals surface area contributed by atoms with E-state index in [4.69, 9.17) is 4.74 Å². The molecular formula is C25H25F3N2O4S. The number of ketones is 1. The molecule has 10 heteroatoms. The van der Waals surface area contributed by atoms with E-state index in [9.17, 15) is 26.4 Å². The van der Waals surface area contributed by atoms with Gasteiger partial charge in [0.1, 0.15) is 18.1 Å². The number of hydrogen-bond donors (Lipinski definition) is 0. The zero-order valence-corrected chi connectivity index (χ0v) is 19.9. The van der Waals surface area contributed by atoms with Crippen LogP contribution in [-0.2, 0) is 27.0 Å². The van der Waals surface area contributed by atoms with Crippen molar-refractivity contribution in [2.75, 3.05) is 12.8 Å². The smallest absolute Gasteiger partial charge is 0.451 e. The molecule has 1 aromatic heterocycles. The molecule has 0 amide bonds. The lowest BCUT2D eigenvalue weighted by Gasteiger charge is -2.38. The summed E-state index contributed by atoms with van der Waals surface area (Å²) < 4.78 is 70.4. The number of aromatic nitrogens is 1. The van der Waals surface area contributed by atoms with Crippen LogP contribution in [0.5, 0.6) is 5.75 Å². The molecule has 0 aliphatic heterocycles. The Morgan fingerprint density at radius 3 is 2.34 bits per heavy atom. The fourth-order valence-electron chi connectivity index (χ4n) is 4.56. The normalized spacial score (nSPS) is 16.0. The van der Waals surface area contributed by atoms with E-state index >= 15 is 0 Å². The van der Waals surface area contributed by atoms with E-state index < -0.39 is 33.3 Å². The Hall–Kier alpha value is -2.98. The molecule has 1 aliphatic carbocycles.